The van der Waals surface area contributed by atoms with Crippen molar-refractivity contribution in [3.05, 3.63) is 34.9 Å². The van der Waals surface area contributed by atoms with Crippen molar-refractivity contribution in [2.45, 2.75) is 59.3 Å². The number of hydrogen-bond donors (Lipinski definition) is 0. The number of aryl methyl sites for hydroxylation is 2. The van der Waals surface area contributed by atoms with Gasteiger partial charge in [-0.25, -0.2) is 0 Å². The van der Waals surface area contributed by atoms with Crippen LogP contribution in [0, 0.1) is 19.3 Å². The van der Waals surface area contributed by atoms with E-state index < -0.39 is 0 Å². The van der Waals surface area contributed by atoms with E-state index in [-0.39, 0.29) is 0 Å². The van der Waals surface area contributed by atoms with Gasteiger partial charge in [0.1, 0.15) is 0 Å². The summed E-state index contributed by atoms with van der Waals surface area (Å²) in [5, 5.41) is 0. The van der Waals surface area contributed by atoms with Gasteiger partial charge in [0.15, 0.2) is 0 Å². The largest absolute Gasteiger partial charge is 0.0593 e. The van der Waals surface area contributed by atoms with E-state index in [1.54, 1.807) is 5.56 Å². The summed E-state index contributed by atoms with van der Waals surface area (Å²) in [7, 11) is 0. The lowest BCUT2D eigenvalue weighted by atomic mass is 9.71. The topological polar surface area (TPSA) is 0 Å². The highest BCUT2D eigenvalue weighted by molar-refractivity contribution is 5.31. The first-order chi connectivity index (χ1) is 7.59. The predicted octanol–water partition coefficient (Wildman–Crippen LogP) is 4.82. The van der Waals surface area contributed by atoms with Gasteiger partial charge in [-0.15, -0.1) is 0 Å². The second kappa shape index (κ2) is 4.61. The molecule has 0 amide bonds. The van der Waals surface area contributed by atoms with Crippen molar-refractivity contribution in [3.8, 4) is 0 Å². The highest BCUT2D eigenvalue weighted by atomic mass is 14.3. The Bertz CT molecular complexity index is 356. The highest BCUT2D eigenvalue weighted by Crippen LogP contribution is 2.39. The minimum atomic E-state index is 0.566. The summed E-state index contributed by atoms with van der Waals surface area (Å²) >= 11 is 0. The second-order valence-electron chi connectivity index (χ2n) is 5.98. The fourth-order valence-electron chi connectivity index (χ4n) is 3.03. The van der Waals surface area contributed by atoms with Gasteiger partial charge in [0.05, 0.1) is 0 Å². The van der Waals surface area contributed by atoms with E-state index in [2.05, 4.69) is 39.0 Å². The molecule has 1 aliphatic carbocycles. The minimum Gasteiger partial charge on any atom is -0.0593 e. The molecule has 0 radical (unpaired) electrons. The van der Waals surface area contributed by atoms with Crippen LogP contribution in [0.1, 0.15) is 55.7 Å². The standard InChI is InChI=1S/C16H24/c1-13-7-8-14(2)15(11-13)12-16(3)9-5-4-6-10-16/h7-8,11H,4-6,9-10,12H2,1-3H3. The first-order valence-electron chi connectivity index (χ1n) is 6.65. The molecule has 2 rings (SSSR count). The molecule has 1 fully saturated rings. The van der Waals surface area contributed by atoms with Crippen molar-refractivity contribution in [2.24, 2.45) is 5.41 Å². The van der Waals surface area contributed by atoms with Gasteiger partial charge in [-0.2, -0.15) is 0 Å². The molecule has 16 heavy (non-hydrogen) atoms. The van der Waals surface area contributed by atoms with Gasteiger partial charge in [0, 0.05) is 0 Å². The number of benzene rings is 1. The molecule has 0 heteroatoms. The molecule has 1 saturated carbocycles. The maximum Gasteiger partial charge on any atom is -0.0222 e. The Morgan fingerprint density at radius 3 is 2.44 bits per heavy atom. The van der Waals surface area contributed by atoms with E-state index in [4.69, 9.17) is 0 Å². The van der Waals surface area contributed by atoms with Gasteiger partial charge in [-0.1, -0.05) is 49.9 Å². The lowest BCUT2D eigenvalue weighted by molar-refractivity contribution is 0.214. The van der Waals surface area contributed by atoms with Crippen LogP contribution in [-0.2, 0) is 6.42 Å². The van der Waals surface area contributed by atoms with E-state index in [0.29, 0.717) is 5.41 Å². The zero-order valence-electron chi connectivity index (χ0n) is 11.0. The van der Waals surface area contributed by atoms with Crippen molar-refractivity contribution in [1.29, 1.82) is 0 Å². The highest BCUT2D eigenvalue weighted by Gasteiger charge is 2.27. The van der Waals surface area contributed by atoms with Crippen LogP contribution in [0.25, 0.3) is 0 Å². The summed E-state index contributed by atoms with van der Waals surface area (Å²) in [6, 6.07) is 6.88. The van der Waals surface area contributed by atoms with Crippen LogP contribution in [0.2, 0.25) is 0 Å². The summed E-state index contributed by atoms with van der Waals surface area (Å²) in [5.41, 5.74) is 5.01. The Kier molecular flexibility index (Phi) is 3.37. The molecule has 0 bridgehead atoms. The molecule has 1 aromatic rings. The van der Waals surface area contributed by atoms with Gasteiger partial charge in [-0.3, -0.25) is 0 Å². The smallest absolute Gasteiger partial charge is 0.0222 e. The molecule has 0 atom stereocenters. The molecule has 0 heterocycles. The van der Waals surface area contributed by atoms with Crippen LogP contribution in [0.4, 0.5) is 0 Å². The lowest BCUT2D eigenvalue weighted by Gasteiger charge is -2.34. The molecule has 0 nitrogen and oxygen atoms in total. The molecule has 0 saturated heterocycles. The maximum absolute atomic E-state index is 2.48. The Morgan fingerprint density at radius 1 is 1.06 bits per heavy atom. The third-order valence-corrected chi connectivity index (χ3v) is 4.18. The van der Waals surface area contributed by atoms with Gasteiger partial charge in [0.25, 0.3) is 0 Å². The van der Waals surface area contributed by atoms with Gasteiger partial charge in [0.2, 0.25) is 0 Å². The van der Waals surface area contributed by atoms with Crippen LogP contribution >= 0.6 is 0 Å². The normalized spacial score (nSPS) is 19.7. The quantitative estimate of drug-likeness (QED) is 0.665. The second-order valence-corrected chi connectivity index (χ2v) is 5.98. The van der Waals surface area contributed by atoms with E-state index in [1.165, 1.54) is 49.7 Å². The van der Waals surface area contributed by atoms with Crippen molar-refractivity contribution in [3.63, 3.8) is 0 Å². The summed E-state index contributed by atoms with van der Waals surface area (Å²) in [5.74, 6) is 0. The van der Waals surface area contributed by atoms with Crippen molar-refractivity contribution in [1.82, 2.24) is 0 Å². The third kappa shape index (κ3) is 2.66. The molecular weight excluding hydrogens is 192 g/mol. The molecule has 0 aromatic heterocycles. The Morgan fingerprint density at radius 2 is 1.75 bits per heavy atom. The molecule has 1 aliphatic rings. The Hall–Kier alpha value is -0.780. The monoisotopic (exact) mass is 216 g/mol. The Balaban J connectivity index is 2.15. The third-order valence-electron chi connectivity index (χ3n) is 4.18. The van der Waals surface area contributed by atoms with Gasteiger partial charge in [-0.05, 0) is 49.7 Å². The summed E-state index contributed by atoms with van der Waals surface area (Å²) in [6.07, 6.45) is 8.42. The summed E-state index contributed by atoms with van der Waals surface area (Å²) < 4.78 is 0. The van der Waals surface area contributed by atoms with Crippen molar-refractivity contribution >= 4 is 0 Å². The van der Waals surface area contributed by atoms with Gasteiger partial charge < -0.3 is 0 Å². The molecule has 0 aliphatic heterocycles. The molecule has 0 spiro atoms. The summed E-state index contributed by atoms with van der Waals surface area (Å²) in [6.45, 7) is 6.93. The molecule has 88 valence electrons. The maximum atomic E-state index is 2.48. The van der Waals surface area contributed by atoms with Crippen LogP contribution < -0.4 is 0 Å². The lowest BCUT2D eigenvalue weighted by Crippen LogP contribution is -2.23. The molecule has 0 N–H and O–H groups in total. The first kappa shape index (κ1) is 11.7. The molecule has 0 unspecified atom stereocenters. The van der Waals surface area contributed by atoms with Gasteiger partial charge >= 0.3 is 0 Å². The van der Waals surface area contributed by atoms with Crippen LogP contribution in [0.5, 0.6) is 0 Å². The van der Waals surface area contributed by atoms with Crippen LogP contribution in [0.15, 0.2) is 18.2 Å². The number of rotatable bonds is 2. The summed E-state index contributed by atoms with van der Waals surface area (Å²) in [4.78, 5) is 0. The molecular formula is C16H24. The number of hydrogen-bond acceptors (Lipinski definition) is 0. The fraction of sp³-hybridized carbons (Fsp3) is 0.625. The van der Waals surface area contributed by atoms with E-state index >= 15 is 0 Å². The van der Waals surface area contributed by atoms with Crippen LogP contribution in [-0.4, -0.2) is 0 Å². The van der Waals surface area contributed by atoms with Crippen molar-refractivity contribution < 1.29 is 0 Å². The van der Waals surface area contributed by atoms with E-state index in [9.17, 15) is 0 Å². The van der Waals surface area contributed by atoms with Crippen molar-refractivity contribution in [2.75, 3.05) is 0 Å². The SMILES string of the molecule is Cc1ccc(C)c(CC2(C)CCCCC2)c1. The Labute approximate surface area is 100 Å². The van der Waals surface area contributed by atoms with E-state index in [1.807, 2.05) is 0 Å². The first-order valence-corrected chi connectivity index (χ1v) is 6.65. The zero-order chi connectivity index (χ0) is 11.6. The van der Waals surface area contributed by atoms with E-state index in [0.717, 1.165) is 0 Å². The fourth-order valence-corrected chi connectivity index (χ4v) is 3.03. The minimum absolute atomic E-state index is 0.566. The predicted molar refractivity (Wildman–Crippen MR) is 70.8 cm³/mol. The average Bonchev–Trinajstić information content (AvgIpc) is 2.24. The van der Waals surface area contributed by atoms with Crippen LogP contribution in [0.3, 0.4) is 0 Å². The zero-order valence-corrected chi connectivity index (χ0v) is 11.0. The average molecular weight is 216 g/mol. The molecule has 1 aromatic carbocycles.